The fraction of sp³-hybridized carbons (Fsp3) is 0.500. The molecule has 0 aromatic heterocycles. The van der Waals surface area contributed by atoms with Gasteiger partial charge in [-0.25, -0.2) is 0 Å². The summed E-state index contributed by atoms with van der Waals surface area (Å²) >= 11 is 2.16. The Balaban J connectivity index is 4.14. The largest absolute Gasteiger partial charge is 0.506 e. The van der Waals surface area contributed by atoms with Crippen LogP contribution in [0.1, 0.15) is 6.92 Å². The highest BCUT2D eigenvalue weighted by molar-refractivity contribution is 14.1. The van der Waals surface area contributed by atoms with Gasteiger partial charge < -0.3 is 5.11 Å². The van der Waals surface area contributed by atoms with Gasteiger partial charge in [0.2, 0.25) is 0 Å². The van der Waals surface area contributed by atoms with E-state index >= 15 is 0 Å². The number of aliphatic hydroxyl groups excluding tert-OH is 1. The molecule has 0 spiro atoms. The number of halogens is 1. The summed E-state index contributed by atoms with van der Waals surface area (Å²) in [6, 6.07) is 0. The minimum absolute atomic E-state index is 0.284. The average Bonchev–Trinajstić information content (AvgIpc) is 1.90. The van der Waals surface area contributed by atoms with E-state index in [1.165, 1.54) is 0 Å². The lowest BCUT2D eigenvalue weighted by molar-refractivity contribution is 0.442. The van der Waals surface area contributed by atoms with E-state index in [1.54, 1.807) is 20.0 Å². The van der Waals surface area contributed by atoms with Crippen molar-refractivity contribution in [2.45, 2.75) is 6.92 Å². The van der Waals surface area contributed by atoms with Crippen molar-refractivity contribution < 1.29 is 5.11 Å². The van der Waals surface area contributed by atoms with Crippen LogP contribution in [-0.4, -0.2) is 22.3 Å². The van der Waals surface area contributed by atoms with Crippen molar-refractivity contribution in [2.24, 2.45) is 4.99 Å². The van der Waals surface area contributed by atoms with Crippen LogP contribution in [0.25, 0.3) is 0 Å². The van der Waals surface area contributed by atoms with Crippen molar-refractivity contribution in [3.63, 3.8) is 0 Å². The molecule has 0 aliphatic carbocycles. The van der Waals surface area contributed by atoms with Gasteiger partial charge in [-0.2, -0.15) is 0 Å². The second-order valence-corrected chi connectivity index (χ2v) is 2.24. The summed E-state index contributed by atoms with van der Waals surface area (Å²) in [6.45, 7) is 1.78. The second kappa shape index (κ2) is 4.78. The topological polar surface area (TPSA) is 32.6 Å². The molecule has 0 aromatic carbocycles. The van der Waals surface area contributed by atoms with Gasteiger partial charge in [-0.3, -0.25) is 4.99 Å². The van der Waals surface area contributed by atoms with Crippen molar-refractivity contribution in [1.82, 2.24) is 0 Å². The average molecular weight is 239 g/mol. The van der Waals surface area contributed by atoms with Crippen molar-refractivity contribution >= 4 is 28.3 Å². The molecule has 0 atom stereocenters. The first-order valence-corrected chi connectivity index (χ1v) is 4.16. The number of hydrogen-bond acceptors (Lipinski definition) is 2. The van der Waals surface area contributed by atoms with Gasteiger partial charge in [-0.05, 0) is 13.0 Å². The summed E-state index contributed by atoms with van der Waals surface area (Å²) in [4.78, 5) is 3.87. The van der Waals surface area contributed by atoms with E-state index in [4.69, 9.17) is 5.11 Å². The third kappa shape index (κ3) is 2.84. The number of aliphatic imine (C=N–C) groups is 1. The summed E-state index contributed by atoms with van der Waals surface area (Å²) in [5.41, 5.74) is 0.748. The molecule has 0 bridgehead atoms. The lowest BCUT2D eigenvalue weighted by Gasteiger charge is -1.96. The Kier molecular flexibility index (Phi) is 4.75. The summed E-state index contributed by atoms with van der Waals surface area (Å²) in [5, 5.41) is 9.04. The van der Waals surface area contributed by atoms with Crippen LogP contribution in [-0.2, 0) is 0 Å². The molecule has 2 nitrogen and oxygen atoms in total. The molecule has 0 aliphatic rings. The first kappa shape index (κ1) is 8.94. The SMILES string of the molecule is C/C=C(/O)C(CI)=NC. The van der Waals surface area contributed by atoms with Crippen LogP contribution in [0, 0.1) is 0 Å². The molecule has 0 radical (unpaired) electrons. The fourth-order valence-electron chi connectivity index (χ4n) is 0.409. The van der Waals surface area contributed by atoms with Gasteiger partial charge in [0.05, 0.1) is 5.71 Å². The van der Waals surface area contributed by atoms with Crippen LogP contribution in [0.2, 0.25) is 0 Å². The molecule has 1 N–H and O–H groups in total. The van der Waals surface area contributed by atoms with Gasteiger partial charge in [-0.15, -0.1) is 0 Å². The molecule has 0 unspecified atom stereocenters. The lowest BCUT2D eigenvalue weighted by atomic mass is 10.3. The van der Waals surface area contributed by atoms with Crippen LogP contribution in [0.3, 0.4) is 0 Å². The molecule has 52 valence electrons. The number of hydrogen-bond donors (Lipinski definition) is 1. The molecule has 3 heteroatoms. The molecule has 0 rings (SSSR count). The summed E-state index contributed by atoms with van der Waals surface area (Å²) in [5.74, 6) is 0.284. The van der Waals surface area contributed by atoms with Gasteiger partial charge >= 0.3 is 0 Å². The predicted molar refractivity (Wildman–Crippen MR) is 48.6 cm³/mol. The molecule has 9 heavy (non-hydrogen) atoms. The molecule has 0 heterocycles. The Labute approximate surface area is 68.8 Å². The van der Waals surface area contributed by atoms with E-state index in [0.717, 1.165) is 10.1 Å². The molecule has 0 aromatic rings. The highest BCUT2D eigenvalue weighted by Crippen LogP contribution is 1.96. The van der Waals surface area contributed by atoms with Crippen molar-refractivity contribution in [1.29, 1.82) is 0 Å². The van der Waals surface area contributed by atoms with Crippen LogP contribution < -0.4 is 0 Å². The molecule has 0 saturated carbocycles. The Morgan fingerprint density at radius 2 is 2.33 bits per heavy atom. The Morgan fingerprint density at radius 3 is 2.44 bits per heavy atom. The molecule has 0 fully saturated rings. The predicted octanol–water partition coefficient (Wildman–Crippen LogP) is 1.95. The highest BCUT2D eigenvalue weighted by Gasteiger charge is 1.98. The Bertz CT molecular complexity index is 140. The molecule has 0 amide bonds. The number of aliphatic hydroxyl groups is 1. The van der Waals surface area contributed by atoms with Crippen LogP contribution >= 0.6 is 22.6 Å². The van der Waals surface area contributed by atoms with E-state index in [-0.39, 0.29) is 5.76 Å². The second-order valence-electron chi connectivity index (χ2n) is 1.48. The van der Waals surface area contributed by atoms with Gasteiger partial charge in [0.25, 0.3) is 0 Å². The maximum atomic E-state index is 9.04. The van der Waals surface area contributed by atoms with E-state index in [0.29, 0.717) is 0 Å². The minimum Gasteiger partial charge on any atom is -0.506 e. The van der Waals surface area contributed by atoms with Crippen LogP contribution in [0.5, 0.6) is 0 Å². The van der Waals surface area contributed by atoms with Crippen molar-refractivity contribution in [3.8, 4) is 0 Å². The zero-order chi connectivity index (χ0) is 7.28. The molecule has 0 saturated heterocycles. The zero-order valence-electron chi connectivity index (χ0n) is 5.56. The minimum atomic E-state index is 0.284. The van der Waals surface area contributed by atoms with Gasteiger partial charge in [-0.1, -0.05) is 22.6 Å². The van der Waals surface area contributed by atoms with E-state index in [2.05, 4.69) is 27.6 Å². The molecular weight excluding hydrogens is 229 g/mol. The molecule has 0 aliphatic heterocycles. The van der Waals surface area contributed by atoms with E-state index in [1.807, 2.05) is 0 Å². The summed E-state index contributed by atoms with van der Waals surface area (Å²) in [6.07, 6.45) is 1.64. The number of rotatable bonds is 2. The maximum absolute atomic E-state index is 9.04. The summed E-state index contributed by atoms with van der Waals surface area (Å²) in [7, 11) is 1.67. The third-order valence-corrected chi connectivity index (χ3v) is 1.69. The van der Waals surface area contributed by atoms with Gasteiger partial charge in [0, 0.05) is 11.5 Å². The van der Waals surface area contributed by atoms with Crippen LogP contribution in [0.4, 0.5) is 0 Å². The zero-order valence-corrected chi connectivity index (χ0v) is 7.71. The monoisotopic (exact) mass is 239 g/mol. The number of nitrogens with zero attached hydrogens (tertiary/aromatic N) is 1. The lowest BCUT2D eigenvalue weighted by Crippen LogP contribution is -2.02. The fourth-order valence-corrected chi connectivity index (χ4v) is 1.14. The van der Waals surface area contributed by atoms with E-state index in [9.17, 15) is 0 Å². The maximum Gasteiger partial charge on any atom is 0.133 e. The standard InChI is InChI=1S/C6H10INO/c1-3-6(9)5(4-7)8-2/h3,9H,4H2,1-2H3/b6-3+,8-5?. The third-order valence-electron chi connectivity index (χ3n) is 0.966. The van der Waals surface area contributed by atoms with Gasteiger partial charge in [0.1, 0.15) is 5.76 Å². The summed E-state index contributed by atoms with van der Waals surface area (Å²) < 4.78 is 0.754. The van der Waals surface area contributed by atoms with Crippen molar-refractivity contribution in [2.75, 3.05) is 11.5 Å². The Morgan fingerprint density at radius 1 is 1.78 bits per heavy atom. The smallest absolute Gasteiger partial charge is 0.133 e. The quantitative estimate of drug-likeness (QED) is 0.339. The van der Waals surface area contributed by atoms with Crippen molar-refractivity contribution in [3.05, 3.63) is 11.8 Å². The van der Waals surface area contributed by atoms with Crippen LogP contribution in [0.15, 0.2) is 16.8 Å². The van der Waals surface area contributed by atoms with Gasteiger partial charge in [0.15, 0.2) is 0 Å². The normalized spacial score (nSPS) is 14.1. The first-order chi connectivity index (χ1) is 4.26. The number of alkyl halides is 1. The first-order valence-electron chi connectivity index (χ1n) is 2.63. The number of allylic oxidation sites excluding steroid dienone is 2. The molecular formula is C6H10INO. The van der Waals surface area contributed by atoms with E-state index < -0.39 is 0 Å². The highest BCUT2D eigenvalue weighted by atomic mass is 127. The Hall–Kier alpha value is -0.0600.